The largest absolute Gasteiger partial charge is 0.360 e. The number of benzene rings is 1. The lowest BCUT2D eigenvalue weighted by Gasteiger charge is -2.01. The van der Waals surface area contributed by atoms with Crippen molar-refractivity contribution in [3.63, 3.8) is 0 Å². The van der Waals surface area contributed by atoms with Gasteiger partial charge in [0.2, 0.25) is 11.2 Å². The molecule has 3 aromatic rings. The second-order valence-corrected chi connectivity index (χ2v) is 4.00. The van der Waals surface area contributed by atoms with Crippen molar-refractivity contribution in [2.45, 2.75) is 0 Å². The molecule has 1 aromatic carbocycles. The van der Waals surface area contributed by atoms with E-state index in [1.807, 2.05) is 6.07 Å². The highest BCUT2D eigenvalue weighted by molar-refractivity contribution is 6.08. The van der Waals surface area contributed by atoms with Crippen LogP contribution in [0.15, 0.2) is 53.8 Å². The minimum Gasteiger partial charge on any atom is -0.360 e. The number of fused-ring (bicyclic) bond motifs is 1. The van der Waals surface area contributed by atoms with E-state index in [0.717, 1.165) is 0 Å². The fourth-order valence-electron chi connectivity index (χ4n) is 1.89. The number of carbonyl (C=O) groups excluding carboxylic acids is 1. The molecule has 0 saturated carbocycles. The quantitative estimate of drug-likeness (QED) is 0.701. The highest BCUT2D eigenvalue weighted by Crippen LogP contribution is 2.09. The van der Waals surface area contributed by atoms with Gasteiger partial charge in [0.15, 0.2) is 0 Å². The SMILES string of the molecule is O=C(c1cnccn1)c1c[nH]c2ccccc2c1=O. The summed E-state index contributed by atoms with van der Waals surface area (Å²) in [5.74, 6) is -0.430. The summed E-state index contributed by atoms with van der Waals surface area (Å²) < 4.78 is 0. The van der Waals surface area contributed by atoms with Gasteiger partial charge in [-0.25, -0.2) is 4.98 Å². The minimum absolute atomic E-state index is 0.0687. The fraction of sp³-hybridized carbons (Fsp3) is 0. The number of pyridine rings is 1. The summed E-state index contributed by atoms with van der Waals surface area (Å²) in [7, 11) is 0. The van der Waals surface area contributed by atoms with E-state index >= 15 is 0 Å². The number of aromatic amines is 1. The molecule has 0 aliphatic heterocycles. The van der Waals surface area contributed by atoms with Gasteiger partial charge < -0.3 is 4.98 Å². The van der Waals surface area contributed by atoms with Crippen LogP contribution in [0.25, 0.3) is 10.9 Å². The Balaban J connectivity index is 2.19. The molecule has 0 atom stereocenters. The molecule has 1 N–H and O–H groups in total. The highest BCUT2D eigenvalue weighted by Gasteiger charge is 2.15. The summed E-state index contributed by atoms with van der Waals surface area (Å²) in [6, 6.07) is 7.05. The van der Waals surface area contributed by atoms with Crippen molar-refractivity contribution >= 4 is 16.7 Å². The van der Waals surface area contributed by atoms with Crippen molar-refractivity contribution < 1.29 is 4.79 Å². The monoisotopic (exact) mass is 251 g/mol. The molecule has 5 heteroatoms. The zero-order valence-corrected chi connectivity index (χ0v) is 9.83. The van der Waals surface area contributed by atoms with E-state index in [4.69, 9.17) is 0 Å². The van der Waals surface area contributed by atoms with Crippen LogP contribution in [0.1, 0.15) is 16.1 Å². The third-order valence-corrected chi connectivity index (χ3v) is 2.83. The molecule has 0 fully saturated rings. The van der Waals surface area contributed by atoms with Gasteiger partial charge in [0.25, 0.3) is 0 Å². The van der Waals surface area contributed by atoms with Crippen molar-refractivity contribution in [2.75, 3.05) is 0 Å². The van der Waals surface area contributed by atoms with Gasteiger partial charge in [-0.15, -0.1) is 0 Å². The second-order valence-electron chi connectivity index (χ2n) is 4.00. The summed E-state index contributed by atoms with van der Waals surface area (Å²) in [4.78, 5) is 35.1. The third kappa shape index (κ3) is 1.91. The standard InChI is InChI=1S/C14H9N3O2/c18-13-9-3-1-2-4-11(9)17-7-10(13)14(19)12-8-15-5-6-16-12/h1-8H,(H,17,18). The van der Waals surface area contributed by atoms with Crippen molar-refractivity contribution in [3.8, 4) is 0 Å². The summed E-state index contributed by atoms with van der Waals surface area (Å²) in [5, 5.41) is 0.484. The zero-order valence-electron chi connectivity index (χ0n) is 9.83. The van der Waals surface area contributed by atoms with E-state index in [2.05, 4.69) is 15.0 Å². The highest BCUT2D eigenvalue weighted by atomic mass is 16.1. The number of para-hydroxylation sites is 1. The number of ketones is 1. The predicted molar refractivity (Wildman–Crippen MR) is 70.0 cm³/mol. The molecule has 0 saturated heterocycles. The van der Waals surface area contributed by atoms with Crippen molar-refractivity contribution in [1.29, 1.82) is 0 Å². The van der Waals surface area contributed by atoms with E-state index in [9.17, 15) is 9.59 Å². The van der Waals surface area contributed by atoms with Crippen molar-refractivity contribution in [2.24, 2.45) is 0 Å². The van der Waals surface area contributed by atoms with E-state index in [1.54, 1.807) is 18.2 Å². The van der Waals surface area contributed by atoms with Crippen LogP contribution >= 0.6 is 0 Å². The number of nitrogens with one attached hydrogen (secondary N) is 1. The van der Waals surface area contributed by atoms with Gasteiger partial charge in [-0.05, 0) is 12.1 Å². The Morgan fingerprint density at radius 1 is 1.16 bits per heavy atom. The van der Waals surface area contributed by atoms with E-state index in [1.165, 1.54) is 24.8 Å². The van der Waals surface area contributed by atoms with E-state index in [-0.39, 0.29) is 16.7 Å². The number of carbonyl (C=O) groups is 1. The van der Waals surface area contributed by atoms with Crippen molar-refractivity contribution in [1.82, 2.24) is 15.0 Å². The number of hydrogen-bond donors (Lipinski definition) is 1. The molecular formula is C14H9N3O2. The van der Waals surface area contributed by atoms with Gasteiger partial charge in [0.05, 0.1) is 11.8 Å². The molecular weight excluding hydrogens is 242 g/mol. The number of hydrogen-bond acceptors (Lipinski definition) is 4. The molecule has 0 amide bonds. The second kappa shape index (κ2) is 4.45. The van der Waals surface area contributed by atoms with Gasteiger partial charge >= 0.3 is 0 Å². The molecule has 0 spiro atoms. The normalized spacial score (nSPS) is 10.5. The zero-order chi connectivity index (χ0) is 13.2. The average Bonchev–Trinajstić information content (AvgIpc) is 2.48. The predicted octanol–water partition coefficient (Wildman–Crippen LogP) is 1.55. The molecule has 0 unspecified atom stereocenters. The molecule has 0 aliphatic rings. The summed E-state index contributed by atoms with van der Waals surface area (Å²) in [6.45, 7) is 0. The fourth-order valence-corrected chi connectivity index (χ4v) is 1.89. The molecule has 92 valence electrons. The molecule has 2 heterocycles. The van der Waals surface area contributed by atoms with Crippen LogP contribution in [0.3, 0.4) is 0 Å². The summed E-state index contributed by atoms with van der Waals surface area (Å²) in [5.41, 5.74) is 0.621. The van der Waals surface area contributed by atoms with E-state index < -0.39 is 5.78 Å². The Bertz CT molecular complexity index is 810. The maximum Gasteiger partial charge on any atom is 0.218 e. The van der Waals surface area contributed by atoms with Crippen molar-refractivity contribution in [3.05, 3.63) is 70.5 Å². The maximum atomic E-state index is 12.3. The lowest BCUT2D eigenvalue weighted by molar-refractivity contribution is 0.103. The Morgan fingerprint density at radius 3 is 2.79 bits per heavy atom. The average molecular weight is 251 g/mol. The molecule has 5 nitrogen and oxygen atoms in total. The Morgan fingerprint density at radius 2 is 2.00 bits per heavy atom. The number of nitrogens with zero attached hydrogens (tertiary/aromatic N) is 2. The van der Waals surface area contributed by atoms with Gasteiger partial charge in [0.1, 0.15) is 5.69 Å². The molecule has 0 aliphatic carbocycles. The van der Waals surface area contributed by atoms with Gasteiger partial charge in [0, 0.05) is 29.5 Å². The first-order valence-electron chi connectivity index (χ1n) is 5.68. The van der Waals surface area contributed by atoms with Crippen LogP contribution in [0.4, 0.5) is 0 Å². The van der Waals surface area contributed by atoms with Crippen LogP contribution in [-0.2, 0) is 0 Å². The van der Waals surface area contributed by atoms with Gasteiger partial charge in [-0.2, -0.15) is 0 Å². The van der Waals surface area contributed by atoms with Crippen LogP contribution in [0, 0.1) is 0 Å². The van der Waals surface area contributed by atoms with Gasteiger partial charge in [-0.1, -0.05) is 12.1 Å². The maximum absolute atomic E-state index is 12.3. The summed E-state index contributed by atoms with van der Waals surface area (Å²) >= 11 is 0. The number of aromatic nitrogens is 3. The first-order chi connectivity index (χ1) is 9.27. The molecule has 19 heavy (non-hydrogen) atoms. The Hall–Kier alpha value is -2.82. The van der Waals surface area contributed by atoms with E-state index in [0.29, 0.717) is 10.9 Å². The van der Waals surface area contributed by atoms with Crippen LogP contribution in [0.5, 0.6) is 0 Å². The first kappa shape index (κ1) is 11.3. The number of H-pyrrole nitrogens is 1. The van der Waals surface area contributed by atoms with Crippen LogP contribution < -0.4 is 5.43 Å². The molecule has 2 aromatic heterocycles. The molecule has 0 radical (unpaired) electrons. The van der Waals surface area contributed by atoms with Crippen LogP contribution in [0.2, 0.25) is 0 Å². The number of rotatable bonds is 2. The first-order valence-corrected chi connectivity index (χ1v) is 5.68. The minimum atomic E-state index is -0.430. The summed E-state index contributed by atoms with van der Waals surface area (Å²) in [6.07, 6.45) is 5.66. The Kier molecular flexibility index (Phi) is 2.64. The third-order valence-electron chi connectivity index (χ3n) is 2.83. The lowest BCUT2D eigenvalue weighted by Crippen LogP contribution is -2.17. The van der Waals surface area contributed by atoms with Crippen LogP contribution in [-0.4, -0.2) is 20.7 Å². The Labute approximate surface area is 108 Å². The molecule has 3 rings (SSSR count). The molecule has 0 bridgehead atoms. The smallest absolute Gasteiger partial charge is 0.218 e. The van der Waals surface area contributed by atoms with Gasteiger partial charge in [-0.3, -0.25) is 14.6 Å². The lowest BCUT2D eigenvalue weighted by atomic mass is 10.1. The topological polar surface area (TPSA) is 75.7 Å².